The average molecular weight is 313 g/mol. The van der Waals surface area contributed by atoms with Crippen LogP contribution in [0, 0.1) is 5.41 Å². The van der Waals surface area contributed by atoms with Crippen LogP contribution in [-0.4, -0.2) is 20.9 Å². The fourth-order valence-corrected chi connectivity index (χ4v) is 2.50. The minimum Gasteiger partial charge on any atom is -0.506 e. The molecule has 3 rings (SSSR count). The minimum absolute atomic E-state index is 0.00868. The number of nitrogens with one attached hydrogen (secondary N) is 1. The normalized spacial score (nSPS) is 10.8. The zero-order valence-corrected chi connectivity index (χ0v) is 12.3. The van der Waals surface area contributed by atoms with E-state index >= 15 is 0 Å². The van der Waals surface area contributed by atoms with Gasteiger partial charge in [0, 0.05) is 16.8 Å². The summed E-state index contributed by atoms with van der Waals surface area (Å²) < 4.78 is 0. The first kappa shape index (κ1) is 14.4. The molecule has 0 atom stereocenters. The maximum absolute atomic E-state index is 10.4. The SMILES string of the molecule is N=C(c1ccc(CCl)cc1)c1c(O)nc2ccccc2c1O. The van der Waals surface area contributed by atoms with Crippen LogP contribution in [0.4, 0.5) is 0 Å². The van der Waals surface area contributed by atoms with E-state index in [0.717, 1.165) is 5.56 Å². The van der Waals surface area contributed by atoms with Gasteiger partial charge in [-0.15, -0.1) is 11.6 Å². The Morgan fingerprint density at radius 1 is 1.05 bits per heavy atom. The molecule has 22 heavy (non-hydrogen) atoms. The van der Waals surface area contributed by atoms with Crippen molar-refractivity contribution in [2.45, 2.75) is 5.88 Å². The van der Waals surface area contributed by atoms with E-state index in [1.165, 1.54) is 0 Å². The predicted octanol–water partition coefficient (Wildman–Crippen LogP) is 3.80. The first-order valence-electron chi connectivity index (χ1n) is 6.66. The largest absolute Gasteiger partial charge is 0.506 e. The Hall–Kier alpha value is -2.59. The molecule has 1 heterocycles. The monoisotopic (exact) mass is 312 g/mol. The second-order valence-electron chi connectivity index (χ2n) is 4.88. The molecule has 1 aromatic heterocycles. The molecule has 3 aromatic rings. The Morgan fingerprint density at radius 3 is 2.41 bits per heavy atom. The summed E-state index contributed by atoms with van der Waals surface area (Å²) in [6, 6.07) is 14.0. The molecule has 0 saturated carbocycles. The second kappa shape index (κ2) is 5.66. The molecule has 0 aliphatic heterocycles. The van der Waals surface area contributed by atoms with Gasteiger partial charge >= 0.3 is 0 Å². The van der Waals surface area contributed by atoms with Gasteiger partial charge in [0.15, 0.2) is 0 Å². The van der Waals surface area contributed by atoms with Gasteiger partial charge in [0.25, 0.3) is 0 Å². The van der Waals surface area contributed by atoms with E-state index in [4.69, 9.17) is 17.0 Å². The number of fused-ring (bicyclic) bond motifs is 1. The summed E-state index contributed by atoms with van der Waals surface area (Å²) in [6.07, 6.45) is 0. The number of halogens is 1. The van der Waals surface area contributed by atoms with Crippen molar-refractivity contribution in [3.63, 3.8) is 0 Å². The number of benzene rings is 2. The number of hydrogen-bond acceptors (Lipinski definition) is 4. The third-order valence-corrected chi connectivity index (χ3v) is 3.80. The molecule has 0 aliphatic rings. The van der Waals surface area contributed by atoms with Gasteiger partial charge in [-0.05, 0) is 17.7 Å². The van der Waals surface area contributed by atoms with E-state index in [1.807, 2.05) is 0 Å². The van der Waals surface area contributed by atoms with Crippen molar-refractivity contribution in [3.05, 3.63) is 65.2 Å². The zero-order valence-electron chi connectivity index (χ0n) is 11.5. The molecule has 2 aromatic carbocycles. The zero-order chi connectivity index (χ0) is 15.7. The summed E-state index contributed by atoms with van der Waals surface area (Å²) in [5.41, 5.74) is 2.01. The van der Waals surface area contributed by atoms with E-state index in [9.17, 15) is 10.2 Å². The number of pyridine rings is 1. The van der Waals surface area contributed by atoms with Crippen molar-refractivity contribution in [1.82, 2.24) is 4.98 Å². The van der Waals surface area contributed by atoms with Crippen LogP contribution in [-0.2, 0) is 5.88 Å². The number of aromatic nitrogens is 1. The molecule has 0 aliphatic carbocycles. The van der Waals surface area contributed by atoms with Crippen LogP contribution in [0.1, 0.15) is 16.7 Å². The molecule has 0 fully saturated rings. The van der Waals surface area contributed by atoms with Crippen molar-refractivity contribution in [3.8, 4) is 11.6 Å². The molecule has 0 unspecified atom stereocenters. The molecule has 3 N–H and O–H groups in total. The Balaban J connectivity index is 2.14. The molecule has 4 nitrogen and oxygen atoms in total. The molecule has 110 valence electrons. The maximum atomic E-state index is 10.4. The number of nitrogens with zero attached hydrogens (tertiary/aromatic N) is 1. The number of aromatic hydroxyl groups is 2. The fraction of sp³-hybridized carbons (Fsp3) is 0.0588. The molecular formula is C17H13ClN2O2. The molecule has 0 saturated heterocycles. The molecule has 0 bridgehead atoms. The van der Waals surface area contributed by atoms with Crippen LogP contribution in [0.5, 0.6) is 11.6 Å². The number of para-hydroxylation sites is 1. The van der Waals surface area contributed by atoms with Gasteiger partial charge in [-0.1, -0.05) is 36.4 Å². The number of hydrogen-bond donors (Lipinski definition) is 3. The van der Waals surface area contributed by atoms with Crippen molar-refractivity contribution in [1.29, 1.82) is 5.41 Å². The van der Waals surface area contributed by atoms with Crippen LogP contribution < -0.4 is 0 Å². The summed E-state index contributed by atoms with van der Waals surface area (Å²) in [6.45, 7) is 0. The number of rotatable bonds is 3. The van der Waals surface area contributed by atoms with Gasteiger partial charge in [0.1, 0.15) is 11.3 Å². The lowest BCUT2D eigenvalue weighted by molar-refractivity contribution is 0.438. The highest BCUT2D eigenvalue weighted by Gasteiger charge is 2.19. The van der Waals surface area contributed by atoms with E-state index in [2.05, 4.69) is 4.98 Å². The minimum atomic E-state index is -0.359. The maximum Gasteiger partial charge on any atom is 0.224 e. The van der Waals surface area contributed by atoms with Crippen molar-refractivity contribution >= 4 is 28.2 Å². The van der Waals surface area contributed by atoms with Crippen LogP contribution in [0.2, 0.25) is 0 Å². The fourth-order valence-electron chi connectivity index (χ4n) is 2.32. The number of alkyl halides is 1. The highest BCUT2D eigenvalue weighted by atomic mass is 35.5. The third kappa shape index (κ3) is 2.38. The van der Waals surface area contributed by atoms with Crippen LogP contribution in [0.25, 0.3) is 10.9 Å². The van der Waals surface area contributed by atoms with Gasteiger partial charge in [-0.2, -0.15) is 0 Å². The Morgan fingerprint density at radius 2 is 1.73 bits per heavy atom. The highest BCUT2D eigenvalue weighted by molar-refractivity contribution is 6.17. The standard InChI is InChI=1S/C17H13ClN2O2/c18-9-10-5-7-11(8-6-10)15(19)14-16(21)12-3-1-2-4-13(12)20-17(14)22/h1-8,19H,9H2,(H2,20,21,22). The third-order valence-electron chi connectivity index (χ3n) is 3.49. The van der Waals surface area contributed by atoms with Gasteiger partial charge in [-0.25, -0.2) is 4.98 Å². The average Bonchev–Trinajstić information content (AvgIpc) is 2.55. The summed E-state index contributed by atoms with van der Waals surface area (Å²) in [4.78, 5) is 4.05. The molecule has 0 amide bonds. The van der Waals surface area contributed by atoms with Crippen LogP contribution in [0.3, 0.4) is 0 Å². The summed E-state index contributed by atoms with van der Waals surface area (Å²) in [5.74, 6) is -0.112. The van der Waals surface area contributed by atoms with Gasteiger partial charge < -0.3 is 10.2 Å². The summed E-state index contributed by atoms with van der Waals surface area (Å²) in [5, 5.41) is 29.2. The molecule has 5 heteroatoms. The van der Waals surface area contributed by atoms with Gasteiger partial charge in [0.05, 0.1) is 11.2 Å². The predicted molar refractivity (Wildman–Crippen MR) is 87.0 cm³/mol. The van der Waals surface area contributed by atoms with Gasteiger partial charge in [-0.3, -0.25) is 5.41 Å². The van der Waals surface area contributed by atoms with E-state index in [1.54, 1.807) is 48.5 Å². The Bertz CT molecular complexity index is 860. The molecule has 0 spiro atoms. The van der Waals surface area contributed by atoms with Crippen molar-refractivity contribution in [2.24, 2.45) is 0 Å². The van der Waals surface area contributed by atoms with E-state index < -0.39 is 0 Å². The Labute approximate surface area is 132 Å². The molecular weight excluding hydrogens is 300 g/mol. The lowest BCUT2D eigenvalue weighted by atomic mass is 9.99. The molecule has 0 radical (unpaired) electrons. The van der Waals surface area contributed by atoms with E-state index in [-0.39, 0.29) is 22.9 Å². The van der Waals surface area contributed by atoms with Crippen molar-refractivity contribution in [2.75, 3.05) is 0 Å². The van der Waals surface area contributed by atoms with Crippen molar-refractivity contribution < 1.29 is 10.2 Å². The lowest BCUT2D eigenvalue weighted by Crippen LogP contribution is -2.04. The smallest absolute Gasteiger partial charge is 0.224 e. The quantitative estimate of drug-likeness (QED) is 0.508. The van der Waals surface area contributed by atoms with Gasteiger partial charge in [0.2, 0.25) is 5.88 Å². The van der Waals surface area contributed by atoms with Crippen LogP contribution >= 0.6 is 11.6 Å². The summed E-state index contributed by atoms with van der Waals surface area (Å²) >= 11 is 5.75. The topological polar surface area (TPSA) is 77.2 Å². The highest BCUT2D eigenvalue weighted by Crippen LogP contribution is 2.34. The summed E-state index contributed by atoms with van der Waals surface area (Å²) in [7, 11) is 0. The first-order valence-corrected chi connectivity index (χ1v) is 7.20. The second-order valence-corrected chi connectivity index (χ2v) is 5.15. The van der Waals surface area contributed by atoms with Crippen LogP contribution in [0.15, 0.2) is 48.5 Å². The van der Waals surface area contributed by atoms with E-state index in [0.29, 0.717) is 22.3 Å². The lowest BCUT2D eigenvalue weighted by Gasteiger charge is -2.11. The Kier molecular flexibility index (Phi) is 3.69. The first-order chi connectivity index (χ1) is 10.6.